The largest absolute Gasteiger partial charge is 0.481 e. The van der Waals surface area contributed by atoms with Gasteiger partial charge in [0.1, 0.15) is 18.1 Å². The number of hydrogen-bond donors (Lipinski definition) is 9. The summed E-state index contributed by atoms with van der Waals surface area (Å²) in [5, 5.41) is 26.0. The lowest BCUT2D eigenvalue weighted by Gasteiger charge is -2.26. The SMILES string of the molecule is CCC(C)C(N)C(=O)NC(CCC(=O)O)C(=O)NC(CCCCN)C(=O)NC(CCCN=C(N)N)C(=O)O. The molecule has 0 radical (unpaired) electrons. The number of nitrogens with one attached hydrogen (secondary N) is 3. The van der Waals surface area contributed by atoms with Crippen LogP contribution in [0.15, 0.2) is 4.99 Å². The van der Waals surface area contributed by atoms with Crippen molar-refractivity contribution in [1.29, 1.82) is 0 Å². The lowest BCUT2D eigenvalue weighted by atomic mass is 9.98. The van der Waals surface area contributed by atoms with Crippen LogP contribution in [-0.4, -0.2) is 83.1 Å². The van der Waals surface area contributed by atoms with Crippen LogP contribution in [0.4, 0.5) is 0 Å². The van der Waals surface area contributed by atoms with Crippen LogP contribution >= 0.6 is 0 Å². The molecule has 0 aliphatic carbocycles. The van der Waals surface area contributed by atoms with E-state index < -0.39 is 60.2 Å². The van der Waals surface area contributed by atoms with Crippen LogP contribution in [-0.2, 0) is 24.0 Å². The van der Waals surface area contributed by atoms with Gasteiger partial charge in [-0.2, -0.15) is 0 Å². The Bertz CT molecular complexity index is 820. The Morgan fingerprint density at radius 2 is 1.34 bits per heavy atom. The normalized spacial score (nSPS) is 14.7. The van der Waals surface area contributed by atoms with Gasteiger partial charge >= 0.3 is 11.9 Å². The zero-order valence-electron chi connectivity index (χ0n) is 22.2. The van der Waals surface area contributed by atoms with E-state index in [1.165, 1.54) is 0 Å². The van der Waals surface area contributed by atoms with Gasteiger partial charge in [-0.25, -0.2) is 4.79 Å². The van der Waals surface area contributed by atoms with Crippen molar-refractivity contribution in [2.45, 2.75) is 89.4 Å². The van der Waals surface area contributed by atoms with E-state index in [9.17, 15) is 29.1 Å². The van der Waals surface area contributed by atoms with Gasteiger partial charge in [0.25, 0.3) is 0 Å². The third-order valence-corrected chi connectivity index (χ3v) is 5.98. The van der Waals surface area contributed by atoms with Crippen LogP contribution in [0.1, 0.15) is 65.2 Å². The van der Waals surface area contributed by atoms with Crippen LogP contribution in [0, 0.1) is 5.92 Å². The highest BCUT2D eigenvalue weighted by atomic mass is 16.4. The maximum Gasteiger partial charge on any atom is 0.326 e. The molecule has 0 aliphatic heterocycles. The number of carbonyl (C=O) groups excluding carboxylic acids is 3. The Balaban J connectivity index is 5.60. The molecule has 5 unspecified atom stereocenters. The van der Waals surface area contributed by atoms with Crippen LogP contribution in [0.3, 0.4) is 0 Å². The minimum Gasteiger partial charge on any atom is -0.481 e. The number of nitrogens with two attached hydrogens (primary N) is 4. The first-order valence-electron chi connectivity index (χ1n) is 12.7. The molecule has 3 amide bonds. The smallest absolute Gasteiger partial charge is 0.326 e. The molecular weight excluding hydrogens is 500 g/mol. The van der Waals surface area contributed by atoms with Gasteiger partial charge in [-0.05, 0) is 51.0 Å². The van der Waals surface area contributed by atoms with Crippen molar-refractivity contribution in [1.82, 2.24) is 16.0 Å². The molecule has 0 bridgehead atoms. The summed E-state index contributed by atoms with van der Waals surface area (Å²) >= 11 is 0. The maximum absolute atomic E-state index is 13.1. The van der Waals surface area contributed by atoms with Gasteiger partial charge in [-0.3, -0.25) is 24.2 Å². The summed E-state index contributed by atoms with van der Waals surface area (Å²) < 4.78 is 0. The van der Waals surface area contributed by atoms with Gasteiger partial charge in [0.15, 0.2) is 5.96 Å². The number of aliphatic imine (C=N–C) groups is 1. The third-order valence-electron chi connectivity index (χ3n) is 5.98. The molecule has 38 heavy (non-hydrogen) atoms. The molecule has 0 aromatic rings. The Labute approximate surface area is 222 Å². The van der Waals surface area contributed by atoms with Crippen molar-refractivity contribution >= 4 is 35.6 Å². The maximum atomic E-state index is 13.1. The molecule has 0 aliphatic rings. The molecule has 218 valence electrons. The summed E-state index contributed by atoms with van der Waals surface area (Å²) in [5.41, 5.74) is 22.0. The summed E-state index contributed by atoms with van der Waals surface area (Å²) in [6.07, 6.45) is 1.40. The third kappa shape index (κ3) is 14.3. The monoisotopic (exact) mass is 544 g/mol. The van der Waals surface area contributed by atoms with Crippen molar-refractivity contribution in [3.8, 4) is 0 Å². The van der Waals surface area contributed by atoms with E-state index >= 15 is 0 Å². The molecule has 0 aromatic heterocycles. The number of amides is 3. The first-order valence-corrected chi connectivity index (χ1v) is 12.7. The number of hydrogen-bond acceptors (Lipinski definition) is 8. The quantitative estimate of drug-likeness (QED) is 0.0456. The molecule has 0 saturated heterocycles. The number of carbonyl (C=O) groups is 5. The topological polar surface area (TPSA) is 278 Å². The number of nitrogens with zero attached hydrogens (tertiary/aromatic N) is 1. The zero-order chi connectivity index (χ0) is 29.3. The van der Waals surface area contributed by atoms with Gasteiger partial charge < -0.3 is 49.1 Å². The first-order chi connectivity index (χ1) is 17.8. The van der Waals surface area contributed by atoms with Crippen LogP contribution in [0.5, 0.6) is 0 Å². The summed E-state index contributed by atoms with van der Waals surface area (Å²) in [4.78, 5) is 65.2. The number of rotatable bonds is 20. The molecular formula is C23H44N8O7. The molecule has 0 spiro atoms. The summed E-state index contributed by atoms with van der Waals surface area (Å²) in [6.45, 7) is 4.13. The number of guanidine groups is 1. The van der Waals surface area contributed by atoms with E-state index in [-0.39, 0.29) is 44.1 Å². The number of aliphatic carboxylic acids is 2. The Morgan fingerprint density at radius 1 is 0.816 bits per heavy atom. The highest BCUT2D eigenvalue weighted by molar-refractivity contribution is 5.94. The molecule has 5 atom stereocenters. The fourth-order valence-corrected chi connectivity index (χ4v) is 3.38. The average Bonchev–Trinajstić information content (AvgIpc) is 2.85. The van der Waals surface area contributed by atoms with Gasteiger partial charge in [-0.15, -0.1) is 0 Å². The second kappa shape index (κ2) is 18.7. The molecule has 15 heteroatoms. The van der Waals surface area contributed by atoms with E-state index in [4.69, 9.17) is 28.0 Å². The van der Waals surface area contributed by atoms with E-state index in [0.29, 0.717) is 25.8 Å². The minimum atomic E-state index is -1.28. The van der Waals surface area contributed by atoms with Gasteiger partial charge in [0.05, 0.1) is 6.04 Å². The first kappa shape index (κ1) is 34.5. The molecule has 0 rings (SSSR count). The van der Waals surface area contributed by atoms with Crippen molar-refractivity contribution in [3.05, 3.63) is 0 Å². The van der Waals surface area contributed by atoms with Crippen molar-refractivity contribution in [2.24, 2.45) is 33.8 Å². The van der Waals surface area contributed by atoms with E-state index in [1.807, 2.05) is 6.92 Å². The van der Waals surface area contributed by atoms with Crippen LogP contribution in [0.25, 0.3) is 0 Å². The van der Waals surface area contributed by atoms with Crippen molar-refractivity contribution < 1.29 is 34.2 Å². The lowest BCUT2D eigenvalue weighted by Crippen LogP contribution is -2.57. The molecule has 0 aromatic carbocycles. The lowest BCUT2D eigenvalue weighted by molar-refractivity contribution is -0.142. The second-order valence-electron chi connectivity index (χ2n) is 9.10. The van der Waals surface area contributed by atoms with Crippen molar-refractivity contribution in [2.75, 3.05) is 13.1 Å². The van der Waals surface area contributed by atoms with E-state index in [2.05, 4.69) is 20.9 Å². The summed E-state index contributed by atoms with van der Waals surface area (Å²) in [6, 6.07) is -4.60. The second-order valence-corrected chi connectivity index (χ2v) is 9.10. The number of unbranched alkanes of at least 4 members (excludes halogenated alkanes) is 1. The molecule has 13 N–H and O–H groups in total. The van der Waals surface area contributed by atoms with E-state index in [0.717, 1.165) is 0 Å². The van der Waals surface area contributed by atoms with Crippen LogP contribution < -0.4 is 38.9 Å². The molecule has 0 heterocycles. The van der Waals surface area contributed by atoms with Gasteiger partial charge in [0.2, 0.25) is 17.7 Å². The van der Waals surface area contributed by atoms with Crippen LogP contribution in [0.2, 0.25) is 0 Å². The molecule has 0 fully saturated rings. The fraction of sp³-hybridized carbons (Fsp3) is 0.739. The minimum absolute atomic E-state index is 0.0338. The van der Waals surface area contributed by atoms with E-state index in [1.54, 1.807) is 6.92 Å². The molecule has 15 nitrogen and oxygen atoms in total. The van der Waals surface area contributed by atoms with Crippen molar-refractivity contribution in [3.63, 3.8) is 0 Å². The number of carboxylic acid groups (broad SMARTS) is 2. The predicted molar refractivity (Wildman–Crippen MR) is 141 cm³/mol. The van der Waals surface area contributed by atoms with Gasteiger partial charge in [0, 0.05) is 13.0 Å². The average molecular weight is 545 g/mol. The summed E-state index contributed by atoms with van der Waals surface area (Å²) in [7, 11) is 0. The predicted octanol–water partition coefficient (Wildman–Crippen LogP) is -2.05. The molecule has 0 saturated carbocycles. The Morgan fingerprint density at radius 3 is 1.84 bits per heavy atom. The highest BCUT2D eigenvalue weighted by Gasteiger charge is 2.31. The number of carboxylic acids is 2. The highest BCUT2D eigenvalue weighted by Crippen LogP contribution is 2.09. The van der Waals surface area contributed by atoms with Gasteiger partial charge in [-0.1, -0.05) is 20.3 Å². The summed E-state index contributed by atoms with van der Waals surface area (Å²) in [5.74, 6) is -4.94. The Hall–Kier alpha value is -3.46. The zero-order valence-corrected chi connectivity index (χ0v) is 22.2. The Kier molecular flexibility index (Phi) is 17.0. The standard InChI is InChI=1S/C23H44N8O7/c1-3-13(2)18(25)21(36)30-15(9-10-17(32)33)20(35)29-14(7-4-5-11-24)19(34)31-16(22(37)38)8-6-12-28-23(26)27/h13-16,18H,3-12,24-25H2,1-2H3,(H,29,35)(H,30,36)(H,31,34)(H,32,33)(H,37,38)(H4,26,27,28). The fourth-order valence-electron chi connectivity index (χ4n) is 3.38.